The van der Waals surface area contributed by atoms with E-state index in [2.05, 4.69) is 10.2 Å². The summed E-state index contributed by atoms with van der Waals surface area (Å²) in [5.41, 5.74) is 2.92. The molecule has 1 aliphatic heterocycles. The van der Waals surface area contributed by atoms with Gasteiger partial charge in [0.2, 0.25) is 0 Å². The number of rotatable bonds is 7. The maximum absolute atomic E-state index is 13.4. The minimum Gasteiger partial charge on any atom is -0.493 e. The number of hydrogen-bond donors (Lipinski definition) is 1. The lowest BCUT2D eigenvalue weighted by molar-refractivity contribution is 0.0904. The first-order valence-corrected chi connectivity index (χ1v) is 11.6. The lowest BCUT2D eigenvalue weighted by Crippen LogP contribution is -2.45. The second kappa shape index (κ2) is 9.27. The Morgan fingerprint density at radius 1 is 0.970 bits per heavy atom. The van der Waals surface area contributed by atoms with Crippen molar-refractivity contribution in [1.29, 1.82) is 0 Å². The highest BCUT2D eigenvalue weighted by atomic mass is 16.5. The van der Waals surface area contributed by atoms with Crippen LogP contribution in [0, 0.1) is 0 Å². The SMILES string of the molecule is COc1ccc(-c2cn(-c3ccccc3)nc2C(=O)NC2CCN(C3CC3)CC2)cc1OC. The van der Waals surface area contributed by atoms with Gasteiger partial charge in [-0.1, -0.05) is 24.3 Å². The number of aromatic nitrogens is 2. The molecule has 0 bridgehead atoms. The first kappa shape index (κ1) is 21.5. The van der Waals surface area contributed by atoms with Crippen molar-refractivity contribution in [3.8, 4) is 28.3 Å². The zero-order valence-electron chi connectivity index (χ0n) is 19.2. The molecule has 1 saturated carbocycles. The fourth-order valence-electron chi connectivity index (χ4n) is 4.57. The number of nitrogens with one attached hydrogen (secondary N) is 1. The molecule has 0 radical (unpaired) electrons. The van der Waals surface area contributed by atoms with E-state index >= 15 is 0 Å². The Morgan fingerprint density at radius 3 is 2.36 bits per heavy atom. The van der Waals surface area contributed by atoms with Crippen LogP contribution in [0.25, 0.3) is 16.8 Å². The van der Waals surface area contributed by atoms with Gasteiger partial charge in [-0.15, -0.1) is 0 Å². The summed E-state index contributed by atoms with van der Waals surface area (Å²) in [5.74, 6) is 1.12. The number of piperidine rings is 1. The zero-order valence-corrected chi connectivity index (χ0v) is 19.2. The standard InChI is InChI=1S/C26H30N4O3/c1-32-23-11-8-18(16-24(23)33-2)22-17-30(21-6-4-3-5-7-21)28-25(22)26(31)27-19-12-14-29(15-13-19)20-9-10-20/h3-8,11,16-17,19-20H,9-10,12-15H2,1-2H3,(H,27,31). The largest absolute Gasteiger partial charge is 0.493 e. The molecule has 0 atom stereocenters. The summed E-state index contributed by atoms with van der Waals surface area (Å²) in [6, 6.07) is 16.4. The normalized spacial score (nSPS) is 17.0. The third kappa shape index (κ3) is 4.59. The molecule has 5 rings (SSSR count). The molecule has 1 amide bonds. The Balaban J connectivity index is 1.44. The highest BCUT2D eigenvalue weighted by molar-refractivity contribution is 5.99. The van der Waals surface area contributed by atoms with Gasteiger partial charge in [-0.25, -0.2) is 4.68 Å². The van der Waals surface area contributed by atoms with Gasteiger partial charge < -0.3 is 19.7 Å². The minimum absolute atomic E-state index is 0.140. The van der Waals surface area contributed by atoms with Gasteiger partial charge in [-0.3, -0.25) is 4.79 Å². The van der Waals surface area contributed by atoms with Crippen molar-refractivity contribution in [2.75, 3.05) is 27.3 Å². The van der Waals surface area contributed by atoms with Crippen molar-refractivity contribution in [3.63, 3.8) is 0 Å². The van der Waals surface area contributed by atoms with Crippen LogP contribution in [0.1, 0.15) is 36.2 Å². The fraction of sp³-hybridized carbons (Fsp3) is 0.385. The lowest BCUT2D eigenvalue weighted by atomic mass is 10.0. The molecule has 3 aromatic rings. The first-order chi connectivity index (χ1) is 16.2. The van der Waals surface area contributed by atoms with E-state index in [0.29, 0.717) is 17.2 Å². The van der Waals surface area contributed by atoms with E-state index in [0.717, 1.165) is 48.8 Å². The first-order valence-electron chi connectivity index (χ1n) is 11.6. The number of nitrogens with zero attached hydrogens (tertiary/aromatic N) is 3. The minimum atomic E-state index is -0.140. The number of hydrogen-bond acceptors (Lipinski definition) is 5. The van der Waals surface area contributed by atoms with Crippen LogP contribution in [-0.4, -0.2) is 60.0 Å². The second-order valence-electron chi connectivity index (χ2n) is 8.76. The Morgan fingerprint density at radius 2 is 1.70 bits per heavy atom. The van der Waals surface area contributed by atoms with Crippen LogP contribution in [0.5, 0.6) is 11.5 Å². The van der Waals surface area contributed by atoms with E-state index in [1.807, 2.05) is 54.7 Å². The van der Waals surface area contributed by atoms with E-state index < -0.39 is 0 Å². The second-order valence-corrected chi connectivity index (χ2v) is 8.76. The van der Waals surface area contributed by atoms with Crippen molar-refractivity contribution < 1.29 is 14.3 Å². The van der Waals surface area contributed by atoms with Gasteiger partial charge in [-0.2, -0.15) is 5.10 Å². The maximum atomic E-state index is 13.4. The molecule has 2 heterocycles. The Kier molecular flexibility index (Phi) is 6.05. The summed E-state index contributed by atoms with van der Waals surface area (Å²) >= 11 is 0. The number of carbonyl (C=O) groups excluding carboxylic acids is 1. The van der Waals surface area contributed by atoms with Crippen molar-refractivity contribution in [2.45, 2.75) is 37.8 Å². The zero-order chi connectivity index (χ0) is 22.8. The summed E-state index contributed by atoms with van der Waals surface area (Å²) in [6.45, 7) is 2.10. The molecule has 1 aliphatic carbocycles. The topological polar surface area (TPSA) is 68.6 Å². The number of para-hydroxylation sites is 1. The molecule has 2 fully saturated rings. The summed E-state index contributed by atoms with van der Waals surface area (Å²) < 4.78 is 12.6. The van der Waals surface area contributed by atoms with Gasteiger partial charge in [0.1, 0.15) is 0 Å². The van der Waals surface area contributed by atoms with Crippen molar-refractivity contribution in [3.05, 3.63) is 60.4 Å². The van der Waals surface area contributed by atoms with E-state index in [4.69, 9.17) is 14.6 Å². The van der Waals surface area contributed by atoms with E-state index in [-0.39, 0.29) is 11.9 Å². The van der Waals surface area contributed by atoms with E-state index in [9.17, 15) is 4.79 Å². The molecule has 7 heteroatoms. The average Bonchev–Trinajstić information content (AvgIpc) is 3.62. The van der Waals surface area contributed by atoms with Crippen molar-refractivity contribution >= 4 is 5.91 Å². The van der Waals surface area contributed by atoms with Crippen LogP contribution in [0.3, 0.4) is 0 Å². The molecule has 0 spiro atoms. The van der Waals surface area contributed by atoms with Gasteiger partial charge in [0.25, 0.3) is 5.91 Å². The van der Waals surface area contributed by atoms with Gasteiger partial charge in [0.05, 0.1) is 19.9 Å². The Hall–Kier alpha value is -3.32. The Bertz CT molecular complexity index is 1120. The van der Waals surface area contributed by atoms with Crippen molar-refractivity contribution in [1.82, 2.24) is 20.0 Å². The number of carbonyl (C=O) groups is 1. The summed E-state index contributed by atoms with van der Waals surface area (Å²) in [4.78, 5) is 16.0. The van der Waals surface area contributed by atoms with Gasteiger partial charge in [-0.05, 0) is 55.5 Å². The Labute approximate surface area is 194 Å². The molecule has 1 saturated heterocycles. The average molecular weight is 447 g/mol. The summed E-state index contributed by atoms with van der Waals surface area (Å²) in [6.07, 6.45) is 6.51. The number of benzene rings is 2. The highest BCUT2D eigenvalue weighted by Gasteiger charge is 2.32. The molecule has 172 valence electrons. The number of likely N-dealkylation sites (tertiary alicyclic amines) is 1. The van der Waals surface area contributed by atoms with Gasteiger partial charge in [0.15, 0.2) is 17.2 Å². The van der Waals surface area contributed by atoms with Crippen LogP contribution < -0.4 is 14.8 Å². The molecule has 7 nitrogen and oxygen atoms in total. The molecule has 33 heavy (non-hydrogen) atoms. The lowest BCUT2D eigenvalue weighted by Gasteiger charge is -2.32. The molecule has 2 aliphatic rings. The third-order valence-electron chi connectivity index (χ3n) is 6.57. The quantitative estimate of drug-likeness (QED) is 0.596. The van der Waals surface area contributed by atoms with Gasteiger partial charge >= 0.3 is 0 Å². The molecular weight excluding hydrogens is 416 g/mol. The van der Waals surface area contributed by atoms with Gasteiger partial charge in [0, 0.05) is 36.9 Å². The number of ether oxygens (including phenoxy) is 2. The predicted molar refractivity (Wildman–Crippen MR) is 127 cm³/mol. The van der Waals surface area contributed by atoms with Crippen LogP contribution in [0.2, 0.25) is 0 Å². The van der Waals surface area contributed by atoms with Crippen molar-refractivity contribution in [2.24, 2.45) is 0 Å². The number of amides is 1. The molecule has 1 aromatic heterocycles. The van der Waals surface area contributed by atoms with Crippen LogP contribution in [-0.2, 0) is 0 Å². The smallest absolute Gasteiger partial charge is 0.272 e. The van der Waals surface area contributed by atoms with Crippen LogP contribution in [0.15, 0.2) is 54.7 Å². The molecule has 1 N–H and O–H groups in total. The van der Waals surface area contributed by atoms with E-state index in [1.165, 1.54) is 12.8 Å². The highest BCUT2D eigenvalue weighted by Crippen LogP contribution is 2.34. The maximum Gasteiger partial charge on any atom is 0.272 e. The monoisotopic (exact) mass is 446 g/mol. The number of methoxy groups -OCH3 is 2. The molecule has 0 unspecified atom stereocenters. The third-order valence-corrected chi connectivity index (χ3v) is 6.57. The molecule has 2 aromatic carbocycles. The van der Waals surface area contributed by atoms with Crippen LogP contribution in [0.4, 0.5) is 0 Å². The predicted octanol–water partition coefficient (Wildman–Crippen LogP) is 3.91. The summed E-state index contributed by atoms with van der Waals surface area (Å²) in [7, 11) is 3.22. The summed E-state index contributed by atoms with van der Waals surface area (Å²) in [5, 5.41) is 7.94. The fourth-order valence-corrected chi connectivity index (χ4v) is 4.57. The van der Waals surface area contributed by atoms with E-state index in [1.54, 1.807) is 18.9 Å². The van der Waals surface area contributed by atoms with Crippen LogP contribution >= 0.6 is 0 Å². The molecular formula is C26H30N4O3.